The average Bonchev–Trinajstić information content (AvgIpc) is 3.29. The molecule has 8 nitrogen and oxygen atoms in total. The van der Waals surface area contributed by atoms with E-state index in [-0.39, 0.29) is 56.7 Å². The normalized spacial score (nSPS) is 17.5. The van der Waals surface area contributed by atoms with Crippen LogP contribution in [0.5, 0.6) is 0 Å². The Morgan fingerprint density at radius 2 is 1.78 bits per heavy atom. The van der Waals surface area contributed by atoms with E-state index in [9.17, 15) is 18.0 Å². The van der Waals surface area contributed by atoms with Gasteiger partial charge in [0, 0.05) is 5.02 Å². The van der Waals surface area contributed by atoms with Gasteiger partial charge in [-0.05, 0) is 48.4 Å². The summed E-state index contributed by atoms with van der Waals surface area (Å²) >= 11 is 18.5. The second kappa shape index (κ2) is 10.1. The topological polar surface area (TPSA) is 96.9 Å². The number of amides is 1. The lowest BCUT2D eigenvalue weighted by molar-refractivity contribution is 0.0992. The zero-order valence-corrected chi connectivity index (χ0v) is 22.3. The number of cyclic esters (lactones) is 1. The van der Waals surface area contributed by atoms with E-state index in [2.05, 4.69) is 4.98 Å². The molecule has 1 atom stereocenters. The van der Waals surface area contributed by atoms with Crippen LogP contribution in [0.3, 0.4) is 0 Å². The van der Waals surface area contributed by atoms with Crippen molar-refractivity contribution in [2.24, 2.45) is 0 Å². The molecule has 1 saturated heterocycles. The van der Waals surface area contributed by atoms with Crippen molar-refractivity contribution in [1.29, 1.82) is 0 Å². The summed E-state index contributed by atoms with van der Waals surface area (Å²) in [6, 6.07) is 13.7. The first-order valence-corrected chi connectivity index (χ1v) is 13.9. The number of Topliss-reactive ketones (excluding diaryl/α,β-unsaturated/α-hetero) is 1. The highest BCUT2D eigenvalue weighted by Gasteiger charge is 2.40. The standard InChI is InChI=1S/C25H20Cl3N3O5S/c26-16-3-1-4-19(12-16)37(34,35)31-14-18(30-9-10-36-25(30)33)11-15-7-8-17(29-24(15)31)13-22(32)23-20(27)5-2-6-21(23)28/h1-8,12,18H,9-11,13-14H2/t18-/m1/s1. The molecule has 12 heteroatoms. The molecule has 2 aromatic carbocycles. The van der Waals surface area contributed by atoms with Gasteiger partial charge in [0.05, 0.1) is 51.8 Å². The maximum atomic E-state index is 13.8. The molecule has 2 aliphatic rings. The predicted molar refractivity (Wildman–Crippen MR) is 140 cm³/mol. The highest BCUT2D eigenvalue weighted by molar-refractivity contribution is 7.92. The lowest BCUT2D eigenvalue weighted by Gasteiger charge is -2.37. The Bertz CT molecular complexity index is 1490. The molecule has 5 rings (SSSR count). The van der Waals surface area contributed by atoms with Gasteiger partial charge in [-0.15, -0.1) is 0 Å². The van der Waals surface area contributed by atoms with Gasteiger partial charge in [-0.1, -0.05) is 53.0 Å². The molecule has 0 radical (unpaired) electrons. The molecule has 0 unspecified atom stereocenters. The van der Waals surface area contributed by atoms with Crippen molar-refractivity contribution in [3.63, 3.8) is 0 Å². The maximum absolute atomic E-state index is 13.8. The van der Waals surface area contributed by atoms with Crippen LogP contribution in [0.2, 0.25) is 15.1 Å². The van der Waals surface area contributed by atoms with E-state index in [1.165, 1.54) is 21.3 Å². The Morgan fingerprint density at radius 1 is 1.05 bits per heavy atom. The van der Waals surface area contributed by atoms with E-state index in [4.69, 9.17) is 39.5 Å². The van der Waals surface area contributed by atoms with Crippen molar-refractivity contribution in [2.75, 3.05) is 24.0 Å². The number of carbonyl (C=O) groups is 2. The van der Waals surface area contributed by atoms with E-state index in [1.807, 2.05) is 0 Å². The van der Waals surface area contributed by atoms with Crippen LogP contribution in [0.25, 0.3) is 0 Å². The van der Waals surface area contributed by atoms with Gasteiger partial charge in [0.2, 0.25) is 0 Å². The van der Waals surface area contributed by atoms with E-state index < -0.39 is 22.2 Å². The van der Waals surface area contributed by atoms with Crippen LogP contribution in [-0.4, -0.2) is 55.9 Å². The number of aromatic nitrogens is 1. The molecule has 0 aliphatic carbocycles. The van der Waals surface area contributed by atoms with Gasteiger partial charge in [0.15, 0.2) is 5.78 Å². The summed E-state index contributed by atoms with van der Waals surface area (Å²) in [7, 11) is -4.11. The minimum absolute atomic E-state index is 0.0123. The van der Waals surface area contributed by atoms with E-state index in [0.29, 0.717) is 24.2 Å². The van der Waals surface area contributed by atoms with Crippen molar-refractivity contribution in [3.8, 4) is 0 Å². The quantitative estimate of drug-likeness (QED) is 0.379. The van der Waals surface area contributed by atoms with Gasteiger partial charge in [0.1, 0.15) is 12.4 Å². The third kappa shape index (κ3) is 5.01. The van der Waals surface area contributed by atoms with Crippen LogP contribution in [-0.2, 0) is 27.6 Å². The average molecular weight is 581 g/mol. The second-order valence-electron chi connectivity index (χ2n) is 8.64. The van der Waals surface area contributed by atoms with Crippen LogP contribution in [0.15, 0.2) is 59.5 Å². The monoisotopic (exact) mass is 579 g/mol. The molecule has 0 N–H and O–H groups in total. The molecule has 1 fully saturated rings. The molecule has 37 heavy (non-hydrogen) atoms. The molecule has 1 aromatic heterocycles. The summed E-state index contributed by atoms with van der Waals surface area (Å²) in [5.74, 6) is -0.153. The van der Waals surface area contributed by atoms with Gasteiger partial charge in [-0.2, -0.15) is 0 Å². The van der Waals surface area contributed by atoms with Crippen molar-refractivity contribution in [1.82, 2.24) is 9.88 Å². The number of hydrogen-bond donors (Lipinski definition) is 0. The minimum Gasteiger partial charge on any atom is -0.448 e. The van der Waals surface area contributed by atoms with Crippen LogP contribution < -0.4 is 4.31 Å². The number of sulfonamides is 1. The lowest BCUT2D eigenvalue weighted by Crippen LogP contribution is -2.51. The molecule has 3 aromatic rings. The number of rotatable bonds is 6. The highest BCUT2D eigenvalue weighted by Crippen LogP contribution is 2.34. The number of hydrogen-bond acceptors (Lipinski definition) is 6. The Balaban J connectivity index is 1.54. The molecular weight excluding hydrogens is 561 g/mol. The summed E-state index contributed by atoms with van der Waals surface area (Å²) in [6.07, 6.45) is -0.243. The number of carbonyl (C=O) groups excluding carboxylic acids is 2. The molecular formula is C25H20Cl3N3O5S. The van der Waals surface area contributed by atoms with E-state index >= 15 is 0 Å². The third-order valence-electron chi connectivity index (χ3n) is 6.28. The fraction of sp³-hybridized carbons (Fsp3) is 0.240. The first-order chi connectivity index (χ1) is 17.6. The molecule has 0 spiro atoms. The summed E-state index contributed by atoms with van der Waals surface area (Å²) in [5, 5.41) is 0.712. The summed E-state index contributed by atoms with van der Waals surface area (Å²) in [4.78, 5) is 31.4. The minimum atomic E-state index is -4.11. The Hall–Kier alpha value is -2.85. The van der Waals surface area contributed by atoms with Crippen LogP contribution in [0.1, 0.15) is 21.6 Å². The highest BCUT2D eigenvalue weighted by atomic mass is 35.5. The van der Waals surface area contributed by atoms with E-state index in [1.54, 1.807) is 42.5 Å². The Kier molecular flexibility index (Phi) is 7.06. The van der Waals surface area contributed by atoms with Gasteiger partial charge < -0.3 is 4.74 Å². The van der Waals surface area contributed by atoms with Crippen molar-refractivity contribution >= 4 is 62.5 Å². The van der Waals surface area contributed by atoms with Crippen molar-refractivity contribution in [2.45, 2.75) is 23.8 Å². The Labute approximate surface area is 228 Å². The Morgan fingerprint density at radius 3 is 2.46 bits per heavy atom. The van der Waals surface area contributed by atoms with Crippen LogP contribution in [0, 0.1) is 0 Å². The fourth-order valence-electron chi connectivity index (χ4n) is 4.52. The molecule has 2 aliphatic heterocycles. The maximum Gasteiger partial charge on any atom is 0.410 e. The summed E-state index contributed by atoms with van der Waals surface area (Å²) in [5.41, 5.74) is 1.15. The number of benzene rings is 2. The number of pyridine rings is 1. The first kappa shape index (κ1) is 25.8. The second-order valence-corrected chi connectivity index (χ2v) is 11.8. The number of anilines is 1. The van der Waals surface area contributed by atoms with Gasteiger partial charge >= 0.3 is 6.09 Å². The fourth-order valence-corrected chi connectivity index (χ4v) is 6.91. The molecule has 1 amide bonds. The number of nitrogens with zero attached hydrogens (tertiary/aromatic N) is 3. The molecule has 0 bridgehead atoms. The van der Waals surface area contributed by atoms with E-state index in [0.717, 1.165) is 0 Å². The number of fused-ring (bicyclic) bond motifs is 1. The predicted octanol–water partition coefficient (Wildman–Crippen LogP) is 5.04. The smallest absolute Gasteiger partial charge is 0.410 e. The molecule has 192 valence electrons. The van der Waals surface area contributed by atoms with Gasteiger partial charge in [0.25, 0.3) is 10.0 Å². The van der Waals surface area contributed by atoms with Crippen molar-refractivity contribution < 1.29 is 22.7 Å². The number of ketones is 1. The number of ether oxygens (including phenoxy) is 1. The third-order valence-corrected chi connectivity index (χ3v) is 8.90. The zero-order valence-electron chi connectivity index (χ0n) is 19.2. The van der Waals surface area contributed by atoms with Crippen LogP contribution in [0.4, 0.5) is 10.6 Å². The summed E-state index contributed by atoms with van der Waals surface area (Å²) in [6.45, 7) is 0.577. The SMILES string of the molecule is O=C(Cc1ccc2c(n1)N(S(=O)(=O)c1cccc(Cl)c1)C[C@H](N1CCOC1=O)C2)c1c(Cl)cccc1Cl. The molecule has 3 heterocycles. The summed E-state index contributed by atoms with van der Waals surface area (Å²) < 4.78 is 33.8. The first-order valence-electron chi connectivity index (χ1n) is 11.3. The van der Waals surface area contributed by atoms with Crippen molar-refractivity contribution in [3.05, 3.63) is 86.5 Å². The molecule has 0 saturated carbocycles. The van der Waals surface area contributed by atoms with Crippen LogP contribution >= 0.6 is 34.8 Å². The van der Waals surface area contributed by atoms with Gasteiger partial charge in [-0.3, -0.25) is 9.69 Å². The number of halogens is 3. The van der Waals surface area contributed by atoms with Gasteiger partial charge in [-0.25, -0.2) is 22.5 Å². The lowest BCUT2D eigenvalue weighted by atomic mass is 10.00. The zero-order chi connectivity index (χ0) is 26.3. The largest absolute Gasteiger partial charge is 0.448 e.